The maximum atomic E-state index is 12.2. The molecule has 0 spiro atoms. The van der Waals surface area contributed by atoms with Gasteiger partial charge in [-0.1, -0.05) is 0 Å². The largest absolute Gasteiger partial charge is 0.378 e. The van der Waals surface area contributed by atoms with Gasteiger partial charge < -0.3 is 15.0 Å². The van der Waals surface area contributed by atoms with E-state index in [0.717, 1.165) is 47.6 Å². The lowest BCUT2D eigenvalue weighted by molar-refractivity contribution is -0.115. The average molecular weight is 331 g/mol. The number of ether oxygens (including phenoxy) is 1. The average Bonchev–Trinajstić information content (AvgIpc) is 2.86. The number of morpholine rings is 1. The van der Waals surface area contributed by atoms with Crippen molar-refractivity contribution in [1.29, 1.82) is 0 Å². The highest BCUT2D eigenvalue weighted by atomic mass is 32.1. The first-order valence-corrected chi connectivity index (χ1v) is 8.59. The van der Waals surface area contributed by atoms with Crippen molar-refractivity contribution in [3.8, 4) is 0 Å². The van der Waals surface area contributed by atoms with E-state index in [9.17, 15) is 4.79 Å². The fraction of sp³-hybridized carbons (Fsp3) is 0.412. The highest BCUT2D eigenvalue weighted by Gasteiger charge is 2.12. The quantitative estimate of drug-likeness (QED) is 0.936. The fourth-order valence-corrected chi connectivity index (χ4v) is 3.60. The van der Waals surface area contributed by atoms with Crippen molar-refractivity contribution in [2.24, 2.45) is 0 Å². The van der Waals surface area contributed by atoms with E-state index in [0.29, 0.717) is 6.42 Å². The van der Waals surface area contributed by atoms with Gasteiger partial charge in [0.2, 0.25) is 5.91 Å². The first-order chi connectivity index (χ1) is 11.1. The minimum absolute atomic E-state index is 0.00382. The molecule has 0 saturated carbocycles. The van der Waals surface area contributed by atoms with Crippen molar-refractivity contribution in [1.82, 2.24) is 4.98 Å². The van der Waals surface area contributed by atoms with Crippen LogP contribution in [0.4, 0.5) is 11.4 Å². The molecule has 5 nitrogen and oxygen atoms in total. The van der Waals surface area contributed by atoms with Crippen LogP contribution in [0.15, 0.2) is 24.3 Å². The zero-order chi connectivity index (χ0) is 16.2. The van der Waals surface area contributed by atoms with Gasteiger partial charge in [0.1, 0.15) is 0 Å². The number of rotatable bonds is 4. The number of amides is 1. The van der Waals surface area contributed by atoms with Crippen molar-refractivity contribution in [3.05, 3.63) is 39.8 Å². The monoisotopic (exact) mass is 331 g/mol. The lowest BCUT2D eigenvalue weighted by Crippen LogP contribution is -2.36. The molecule has 1 amide bonds. The van der Waals surface area contributed by atoms with Crippen molar-refractivity contribution >= 4 is 28.6 Å². The molecule has 1 aliphatic rings. The number of carbonyl (C=O) groups excluding carboxylic acids is 1. The van der Waals surface area contributed by atoms with E-state index in [1.165, 1.54) is 5.69 Å². The number of benzene rings is 1. The number of carbonyl (C=O) groups is 1. The van der Waals surface area contributed by atoms with Crippen LogP contribution in [0.5, 0.6) is 0 Å². The fourth-order valence-electron chi connectivity index (χ4n) is 2.67. The number of hydrogen-bond donors (Lipinski definition) is 1. The Morgan fingerprint density at radius 2 is 1.96 bits per heavy atom. The van der Waals surface area contributed by atoms with Gasteiger partial charge in [-0.3, -0.25) is 4.79 Å². The smallest absolute Gasteiger partial charge is 0.229 e. The maximum absolute atomic E-state index is 12.2. The van der Waals surface area contributed by atoms with E-state index in [2.05, 4.69) is 15.2 Å². The van der Waals surface area contributed by atoms with Gasteiger partial charge in [0, 0.05) is 29.3 Å². The molecule has 1 saturated heterocycles. The molecule has 1 aromatic heterocycles. The second-order valence-corrected chi connectivity index (χ2v) is 6.90. The summed E-state index contributed by atoms with van der Waals surface area (Å²) in [5, 5.41) is 3.95. The summed E-state index contributed by atoms with van der Waals surface area (Å²) in [6, 6.07) is 7.99. The van der Waals surface area contributed by atoms with Crippen molar-refractivity contribution in [2.75, 3.05) is 36.5 Å². The highest BCUT2D eigenvalue weighted by molar-refractivity contribution is 7.11. The maximum Gasteiger partial charge on any atom is 0.229 e. The number of anilines is 2. The third-order valence-electron chi connectivity index (χ3n) is 3.85. The SMILES string of the molecule is Cc1nc(C)c(CC(=O)Nc2ccc(N3CCOCC3)cc2)s1. The van der Waals surface area contributed by atoms with Gasteiger partial charge in [0.05, 0.1) is 30.3 Å². The molecule has 1 fully saturated rings. The molecule has 0 unspecified atom stereocenters. The standard InChI is InChI=1S/C17H21N3O2S/c1-12-16(23-13(2)18-12)11-17(21)19-14-3-5-15(6-4-14)20-7-9-22-10-8-20/h3-6H,7-11H2,1-2H3,(H,19,21). The zero-order valence-corrected chi connectivity index (χ0v) is 14.3. The highest BCUT2D eigenvalue weighted by Crippen LogP contribution is 2.21. The van der Waals surface area contributed by atoms with E-state index in [4.69, 9.17) is 4.74 Å². The molecule has 0 bridgehead atoms. The van der Waals surface area contributed by atoms with Crippen molar-refractivity contribution in [2.45, 2.75) is 20.3 Å². The summed E-state index contributed by atoms with van der Waals surface area (Å²) in [5.74, 6) is -0.00382. The second kappa shape index (κ2) is 7.10. The first kappa shape index (κ1) is 16.0. The van der Waals surface area contributed by atoms with Crippen LogP contribution in [0.1, 0.15) is 15.6 Å². The van der Waals surface area contributed by atoms with Crippen LogP contribution in [0, 0.1) is 13.8 Å². The molecule has 1 aromatic carbocycles. The van der Waals surface area contributed by atoms with E-state index >= 15 is 0 Å². The van der Waals surface area contributed by atoms with Gasteiger partial charge in [-0.25, -0.2) is 4.98 Å². The molecule has 0 radical (unpaired) electrons. The summed E-state index contributed by atoms with van der Waals surface area (Å²) in [6.07, 6.45) is 0.378. The van der Waals surface area contributed by atoms with Crippen LogP contribution in [-0.4, -0.2) is 37.2 Å². The van der Waals surface area contributed by atoms with Crippen LogP contribution in [0.2, 0.25) is 0 Å². The number of nitrogens with one attached hydrogen (secondary N) is 1. The molecular weight excluding hydrogens is 310 g/mol. The molecule has 0 aliphatic carbocycles. The minimum Gasteiger partial charge on any atom is -0.378 e. The normalized spacial score (nSPS) is 14.8. The van der Waals surface area contributed by atoms with Crippen LogP contribution in [0.3, 0.4) is 0 Å². The van der Waals surface area contributed by atoms with Gasteiger partial charge in [0.25, 0.3) is 0 Å². The lowest BCUT2D eigenvalue weighted by Gasteiger charge is -2.28. The Bertz CT molecular complexity index is 676. The Morgan fingerprint density at radius 1 is 1.26 bits per heavy atom. The van der Waals surface area contributed by atoms with Crippen molar-refractivity contribution < 1.29 is 9.53 Å². The summed E-state index contributed by atoms with van der Waals surface area (Å²) < 4.78 is 5.36. The summed E-state index contributed by atoms with van der Waals surface area (Å²) >= 11 is 1.58. The number of hydrogen-bond acceptors (Lipinski definition) is 5. The lowest BCUT2D eigenvalue weighted by atomic mass is 10.2. The van der Waals surface area contributed by atoms with Crippen LogP contribution < -0.4 is 10.2 Å². The van der Waals surface area contributed by atoms with Gasteiger partial charge in [-0.05, 0) is 38.1 Å². The molecular formula is C17H21N3O2S. The first-order valence-electron chi connectivity index (χ1n) is 7.77. The van der Waals surface area contributed by atoms with E-state index in [1.807, 2.05) is 38.1 Å². The van der Waals surface area contributed by atoms with Crippen LogP contribution in [-0.2, 0) is 16.0 Å². The molecule has 2 heterocycles. The number of aromatic nitrogens is 1. The van der Waals surface area contributed by atoms with Gasteiger partial charge in [-0.2, -0.15) is 0 Å². The third kappa shape index (κ3) is 4.09. The van der Waals surface area contributed by atoms with E-state index < -0.39 is 0 Å². The molecule has 23 heavy (non-hydrogen) atoms. The van der Waals surface area contributed by atoms with Gasteiger partial charge in [-0.15, -0.1) is 11.3 Å². The predicted molar refractivity (Wildman–Crippen MR) is 93.4 cm³/mol. The Kier molecular flexibility index (Phi) is 4.93. The minimum atomic E-state index is -0.00382. The Balaban J connectivity index is 1.59. The number of thiazole rings is 1. The Labute approximate surface area is 140 Å². The summed E-state index contributed by atoms with van der Waals surface area (Å²) in [4.78, 5) is 19.9. The van der Waals surface area contributed by atoms with E-state index in [-0.39, 0.29) is 5.91 Å². The van der Waals surface area contributed by atoms with Gasteiger partial charge in [0.15, 0.2) is 0 Å². The van der Waals surface area contributed by atoms with Gasteiger partial charge >= 0.3 is 0 Å². The molecule has 2 aromatic rings. The molecule has 1 aliphatic heterocycles. The zero-order valence-electron chi connectivity index (χ0n) is 13.5. The van der Waals surface area contributed by atoms with E-state index in [1.54, 1.807) is 11.3 Å². The third-order valence-corrected chi connectivity index (χ3v) is 4.92. The number of aryl methyl sites for hydroxylation is 2. The van der Waals surface area contributed by atoms with Crippen molar-refractivity contribution in [3.63, 3.8) is 0 Å². The molecule has 3 rings (SSSR count). The molecule has 0 atom stereocenters. The second-order valence-electron chi connectivity index (χ2n) is 5.61. The molecule has 6 heteroatoms. The Morgan fingerprint density at radius 3 is 2.57 bits per heavy atom. The topological polar surface area (TPSA) is 54.5 Å². The summed E-state index contributed by atoms with van der Waals surface area (Å²) in [7, 11) is 0. The summed E-state index contributed by atoms with van der Waals surface area (Å²) in [6.45, 7) is 7.27. The number of nitrogens with zero attached hydrogens (tertiary/aromatic N) is 2. The predicted octanol–water partition coefficient (Wildman–Crippen LogP) is 2.78. The van der Waals surface area contributed by atoms with Crippen LogP contribution >= 0.6 is 11.3 Å². The molecule has 1 N–H and O–H groups in total. The van der Waals surface area contributed by atoms with Crippen LogP contribution in [0.25, 0.3) is 0 Å². The molecule has 122 valence electrons. The summed E-state index contributed by atoms with van der Waals surface area (Å²) in [5.41, 5.74) is 2.94. The Hall–Kier alpha value is -1.92.